The average Bonchev–Trinajstić information content (AvgIpc) is 2.49. The van der Waals surface area contributed by atoms with Gasteiger partial charge in [0.25, 0.3) is 0 Å². The SMILES string of the molecule is COc1ccc(F)cc1CNCC1CCN(CC(C)O)CC1. The summed E-state index contributed by atoms with van der Waals surface area (Å²) in [5.74, 6) is 1.13. The lowest BCUT2D eigenvalue weighted by Crippen LogP contribution is -2.40. The van der Waals surface area contributed by atoms with E-state index < -0.39 is 0 Å². The molecule has 0 amide bonds. The standard InChI is InChI=1S/C17H27FN2O2/c1-13(21)12-20-7-5-14(6-8-20)10-19-11-15-9-16(18)3-4-17(15)22-2/h3-4,9,13-14,19,21H,5-8,10-12H2,1-2H3. The minimum Gasteiger partial charge on any atom is -0.496 e. The lowest BCUT2D eigenvalue weighted by atomic mass is 9.96. The van der Waals surface area contributed by atoms with Crippen LogP contribution in [-0.2, 0) is 6.54 Å². The van der Waals surface area contributed by atoms with Crippen molar-refractivity contribution < 1.29 is 14.2 Å². The number of aliphatic hydroxyl groups excluding tert-OH is 1. The normalized spacial score (nSPS) is 18.4. The third-order valence-corrected chi connectivity index (χ3v) is 4.22. The summed E-state index contributed by atoms with van der Waals surface area (Å²) in [6.07, 6.45) is 2.02. The van der Waals surface area contributed by atoms with Gasteiger partial charge < -0.3 is 20.1 Å². The second kappa shape index (κ2) is 8.46. The Labute approximate surface area is 132 Å². The first-order valence-electron chi connectivity index (χ1n) is 8.02. The zero-order valence-electron chi connectivity index (χ0n) is 13.5. The molecule has 1 aromatic rings. The Morgan fingerprint density at radius 3 is 2.77 bits per heavy atom. The highest BCUT2D eigenvalue weighted by Crippen LogP contribution is 2.20. The van der Waals surface area contributed by atoms with Crippen molar-refractivity contribution in [2.45, 2.75) is 32.4 Å². The summed E-state index contributed by atoms with van der Waals surface area (Å²) in [7, 11) is 1.61. The molecule has 1 unspecified atom stereocenters. The Balaban J connectivity index is 1.73. The topological polar surface area (TPSA) is 44.7 Å². The molecule has 1 atom stereocenters. The Kier molecular flexibility index (Phi) is 6.61. The number of halogens is 1. The number of rotatable bonds is 7. The number of nitrogens with zero attached hydrogens (tertiary/aromatic N) is 1. The van der Waals surface area contributed by atoms with Crippen LogP contribution in [0.2, 0.25) is 0 Å². The molecule has 1 aliphatic heterocycles. The fourth-order valence-electron chi connectivity index (χ4n) is 3.04. The number of β-amino-alcohol motifs (C(OH)–C–C–N with tert-alkyl or cyclic N) is 1. The number of benzene rings is 1. The lowest BCUT2D eigenvalue weighted by Gasteiger charge is -2.32. The van der Waals surface area contributed by atoms with E-state index in [1.165, 1.54) is 12.1 Å². The van der Waals surface area contributed by atoms with Gasteiger partial charge in [-0.1, -0.05) is 0 Å². The molecule has 1 fully saturated rings. The van der Waals surface area contributed by atoms with E-state index in [4.69, 9.17) is 4.74 Å². The highest BCUT2D eigenvalue weighted by Gasteiger charge is 2.19. The van der Waals surface area contributed by atoms with Gasteiger partial charge in [0.2, 0.25) is 0 Å². The van der Waals surface area contributed by atoms with Crippen molar-refractivity contribution in [3.63, 3.8) is 0 Å². The lowest BCUT2D eigenvalue weighted by molar-refractivity contribution is 0.0998. The Morgan fingerprint density at radius 2 is 2.14 bits per heavy atom. The molecule has 5 heteroatoms. The van der Waals surface area contributed by atoms with Gasteiger partial charge in [0.05, 0.1) is 13.2 Å². The predicted octanol–water partition coefficient (Wildman–Crippen LogP) is 2.02. The molecular weight excluding hydrogens is 283 g/mol. The third kappa shape index (κ3) is 5.23. The molecule has 22 heavy (non-hydrogen) atoms. The van der Waals surface area contributed by atoms with Gasteiger partial charge >= 0.3 is 0 Å². The zero-order valence-corrected chi connectivity index (χ0v) is 13.5. The number of hydrogen-bond donors (Lipinski definition) is 2. The van der Waals surface area contributed by atoms with Crippen LogP contribution in [-0.4, -0.2) is 49.4 Å². The molecule has 124 valence electrons. The van der Waals surface area contributed by atoms with Crippen molar-refractivity contribution in [2.24, 2.45) is 5.92 Å². The fourth-order valence-corrected chi connectivity index (χ4v) is 3.04. The first-order chi connectivity index (χ1) is 10.6. The van der Waals surface area contributed by atoms with Gasteiger partial charge in [-0.3, -0.25) is 0 Å². The molecule has 1 aliphatic rings. The molecule has 0 radical (unpaired) electrons. The van der Waals surface area contributed by atoms with E-state index in [0.29, 0.717) is 12.5 Å². The van der Waals surface area contributed by atoms with Crippen molar-refractivity contribution in [1.29, 1.82) is 0 Å². The number of hydrogen-bond acceptors (Lipinski definition) is 4. The highest BCUT2D eigenvalue weighted by molar-refractivity contribution is 5.33. The molecule has 1 aromatic carbocycles. The van der Waals surface area contributed by atoms with E-state index >= 15 is 0 Å². The van der Waals surface area contributed by atoms with Crippen LogP contribution in [0.15, 0.2) is 18.2 Å². The summed E-state index contributed by atoms with van der Waals surface area (Å²) in [4.78, 5) is 2.32. The maximum absolute atomic E-state index is 13.3. The van der Waals surface area contributed by atoms with Crippen LogP contribution in [0.1, 0.15) is 25.3 Å². The Morgan fingerprint density at radius 1 is 1.41 bits per heavy atom. The Hall–Kier alpha value is -1.17. The summed E-state index contributed by atoms with van der Waals surface area (Å²) in [6.45, 7) is 6.23. The molecule has 1 heterocycles. The van der Waals surface area contributed by atoms with E-state index in [9.17, 15) is 9.50 Å². The fraction of sp³-hybridized carbons (Fsp3) is 0.647. The van der Waals surface area contributed by atoms with Crippen LogP contribution < -0.4 is 10.1 Å². The van der Waals surface area contributed by atoms with E-state index in [1.807, 2.05) is 6.92 Å². The zero-order chi connectivity index (χ0) is 15.9. The molecule has 4 nitrogen and oxygen atoms in total. The average molecular weight is 310 g/mol. The number of methoxy groups -OCH3 is 1. The second-order valence-electron chi connectivity index (χ2n) is 6.18. The maximum Gasteiger partial charge on any atom is 0.123 e. The van der Waals surface area contributed by atoms with E-state index in [-0.39, 0.29) is 11.9 Å². The van der Waals surface area contributed by atoms with Gasteiger partial charge in [-0.2, -0.15) is 0 Å². The van der Waals surface area contributed by atoms with Gasteiger partial charge in [-0.25, -0.2) is 4.39 Å². The highest BCUT2D eigenvalue weighted by atomic mass is 19.1. The van der Waals surface area contributed by atoms with Gasteiger partial charge in [-0.15, -0.1) is 0 Å². The largest absolute Gasteiger partial charge is 0.496 e. The summed E-state index contributed by atoms with van der Waals surface area (Å²) < 4.78 is 18.6. The van der Waals surface area contributed by atoms with Crippen molar-refractivity contribution >= 4 is 0 Å². The minimum absolute atomic E-state index is 0.232. The number of nitrogens with one attached hydrogen (secondary N) is 1. The molecule has 0 aromatic heterocycles. The van der Waals surface area contributed by atoms with Crippen molar-refractivity contribution in [3.05, 3.63) is 29.6 Å². The monoisotopic (exact) mass is 310 g/mol. The summed E-state index contributed by atoms with van der Waals surface area (Å²) in [6, 6.07) is 4.61. The third-order valence-electron chi connectivity index (χ3n) is 4.22. The molecular formula is C17H27FN2O2. The molecule has 0 aliphatic carbocycles. The van der Waals surface area contributed by atoms with E-state index in [0.717, 1.165) is 50.3 Å². The van der Waals surface area contributed by atoms with Gasteiger partial charge in [-0.05, 0) is 63.5 Å². The van der Waals surface area contributed by atoms with Crippen LogP contribution in [0, 0.1) is 11.7 Å². The van der Waals surface area contributed by atoms with Crippen LogP contribution in [0.25, 0.3) is 0 Å². The molecule has 2 rings (SSSR count). The summed E-state index contributed by atoms with van der Waals surface area (Å²) in [5.41, 5.74) is 0.856. The smallest absolute Gasteiger partial charge is 0.123 e. The van der Waals surface area contributed by atoms with Crippen LogP contribution >= 0.6 is 0 Å². The van der Waals surface area contributed by atoms with Crippen molar-refractivity contribution in [2.75, 3.05) is 33.3 Å². The van der Waals surface area contributed by atoms with Gasteiger partial charge in [0, 0.05) is 18.7 Å². The number of aliphatic hydroxyl groups is 1. The molecule has 0 saturated carbocycles. The maximum atomic E-state index is 13.3. The number of ether oxygens (including phenoxy) is 1. The first-order valence-corrected chi connectivity index (χ1v) is 8.02. The van der Waals surface area contributed by atoms with Crippen molar-refractivity contribution in [1.82, 2.24) is 10.2 Å². The molecule has 1 saturated heterocycles. The van der Waals surface area contributed by atoms with E-state index in [1.54, 1.807) is 13.2 Å². The van der Waals surface area contributed by atoms with E-state index in [2.05, 4.69) is 10.2 Å². The number of piperidine rings is 1. The number of likely N-dealkylation sites (tertiary alicyclic amines) is 1. The summed E-state index contributed by atoms with van der Waals surface area (Å²) in [5, 5.41) is 12.8. The molecule has 0 spiro atoms. The van der Waals surface area contributed by atoms with Crippen molar-refractivity contribution in [3.8, 4) is 5.75 Å². The second-order valence-corrected chi connectivity index (χ2v) is 6.18. The molecule has 0 bridgehead atoms. The Bertz CT molecular complexity index is 460. The first kappa shape index (κ1) is 17.2. The van der Waals surface area contributed by atoms with Gasteiger partial charge in [0.15, 0.2) is 0 Å². The summed E-state index contributed by atoms with van der Waals surface area (Å²) >= 11 is 0. The predicted molar refractivity (Wildman–Crippen MR) is 85.5 cm³/mol. The van der Waals surface area contributed by atoms with Crippen LogP contribution in [0.5, 0.6) is 5.75 Å². The minimum atomic E-state index is -0.255. The van der Waals surface area contributed by atoms with Gasteiger partial charge in [0.1, 0.15) is 11.6 Å². The van der Waals surface area contributed by atoms with Crippen LogP contribution in [0.3, 0.4) is 0 Å². The molecule has 2 N–H and O–H groups in total. The quantitative estimate of drug-likeness (QED) is 0.809. The van der Waals surface area contributed by atoms with Crippen LogP contribution in [0.4, 0.5) is 4.39 Å².